The van der Waals surface area contributed by atoms with E-state index in [0.717, 1.165) is 17.1 Å². The third-order valence-corrected chi connectivity index (χ3v) is 4.49. The van der Waals surface area contributed by atoms with Crippen molar-refractivity contribution in [2.24, 2.45) is 5.10 Å². The van der Waals surface area contributed by atoms with E-state index in [4.69, 9.17) is 11.6 Å². The summed E-state index contributed by atoms with van der Waals surface area (Å²) in [5, 5.41) is 10.6. The molecule has 3 rings (SSSR count). The van der Waals surface area contributed by atoms with Gasteiger partial charge in [0.1, 0.15) is 0 Å². The Labute approximate surface area is 133 Å². The second-order valence-corrected chi connectivity index (χ2v) is 6.22. The molecule has 0 aliphatic rings. The molecule has 0 radical (unpaired) electrons. The lowest BCUT2D eigenvalue weighted by molar-refractivity contribution is 0.350. The molecule has 1 heterocycles. The molecule has 0 aliphatic heterocycles. The molecule has 4 heteroatoms. The summed E-state index contributed by atoms with van der Waals surface area (Å²) < 4.78 is 1.34. The van der Waals surface area contributed by atoms with E-state index in [2.05, 4.69) is 34.7 Å². The second-order valence-electron chi connectivity index (χ2n) is 4.87. The Balaban J connectivity index is 1.73. The number of hydrazone groups is 1. The largest absolute Gasteiger partial charge is 0.296 e. The molecule has 0 unspecified atom stereocenters. The molecule has 0 N–H and O–H groups in total. The molecule has 0 atom stereocenters. The van der Waals surface area contributed by atoms with Gasteiger partial charge in [-0.1, -0.05) is 41.9 Å². The van der Waals surface area contributed by atoms with Gasteiger partial charge in [0.2, 0.25) is 0 Å². The summed E-state index contributed by atoms with van der Waals surface area (Å²) in [7, 11) is 1.98. The van der Waals surface area contributed by atoms with Crippen LogP contribution in [0.3, 0.4) is 0 Å². The predicted octanol–water partition coefficient (Wildman–Crippen LogP) is 5.02. The number of hydrogen-bond acceptors (Lipinski definition) is 3. The third kappa shape index (κ3) is 3.43. The number of rotatable bonds is 4. The van der Waals surface area contributed by atoms with Crippen molar-refractivity contribution in [2.45, 2.75) is 6.54 Å². The van der Waals surface area contributed by atoms with Gasteiger partial charge in [-0.05, 0) is 40.1 Å². The molecule has 2 nitrogen and oxygen atoms in total. The molecule has 0 saturated heterocycles. The van der Waals surface area contributed by atoms with Crippen molar-refractivity contribution >= 4 is 39.2 Å². The first kappa shape index (κ1) is 14.1. The lowest BCUT2D eigenvalue weighted by atomic mass is 10.1. The Kier molecular flexibility index (Phi) is 4.23. The Morgan fingerprint density at radius 2 is 1.95 bits per heavy atom. The summed E-state index contributed by atoms with van der Waals surface area (Å²) in [4.78, 5) is 0. The number of benzene rings is 2. The molecule has 0 spiro atoms. The molecule has 0 amide bonds. The van der Waals surface area contributed by atoms with Gasteiger partial charge in [0.15, 0.2) is 0 Å². The molecular formula is C17H15ClN2S. The van der Waals surface area contributed by atoms with Crippen LogP contribution in [-0.2, 0) is 6.54 Å². The first-order valence-electron chi connectivity index (χ1n) is 6.68. The first-order chi connectivity index (χ1) is 10.2. The van der Waals surface area contributed by atoms with Crippen LogP contribution < -0.4 is 0 Å². The second kappa shape index (κ2) is 6.29. The minimum Gasteiger partial charge on any atom is -0.296 e. The first-order valence-corrected chi connectivity index (χ1v) is 7.94. The van der Waals surface area contributed by atoms with Gasteiger partial charge in [-0.25, -0.2) is 0 Å². The van der Waals surface area contributed by atoms with E-state index >= 15 is 0 Å². The Hall–Kier alpha value is -1.84. The number of halogens is 1. The highest BCUT2D eigenvalue weighted by Gasteiger charge is 2.03. The fourth-order valence-corrected chi connectivity index (χ4v) is 3.21. The van der Waals surface area contributed by atoms with Crippen LogP contribution in [-0.4, -0.2) is 18.3 Å². The number of fused-ring (bicyclic) bond motifs is 1. The highest BCUT2D eigenvalue weighted by Crippen LogP contribution is 2.25. The monoisotopic (exact) mass is 314 g/mol. The molecule has 1 aromatic heterocycles. The van der Waals surface area contributed by atoms with E-state index in [1.165, 1.54) is 15.6 Å². The molecule has 21 heavy (non-hydrogen) atoms. The van der Waals surface area contributed by atoms with E-state index in [0.29, 0.717) is 0 Å². The third-order valence-electron chi connectivity index (χ3n) is 3.23. The Bertz CT molecular complexity index is 762. The van der Waals surface area contributed by atoms with Gasteiger partial charge in [-0.2, -0.15) is 5.10 Å². The number of thiophene rings is 1. The van der Waals surface area contributed by atoms with E-state index in [9.17, 15) is 0 Å². The van der Waals surface area contributed by atoms with Crippen molar-refractivity contribution in [3.63, 3.8) is 0 Å². The van der Waals surface area contributed by atoms with Gasteiger partial charge < -0.3 is 0 Å². The van der Waals surface area contributed by atoms with Gasteiger partial charge in [0.05, 0.1) is 12.8 Å². The normalized spacial score (nSPS) is 11.3. The average molecular weight is 315 g/mol. The highest BCUT2D eigenvalue weighted by atomic mass is 35.5. The molecule has 2 aromatic carbocycles. The maximum Gasteiger partial charge on any atom is 0.0621 e. The summed E-state index contributed by atoms with van der Waals surface area (Å²) in [6, 6.07) is 16.2. The molecule has 0 aliphatic carbocycles. The zero-order valence-corrected chi connectivity index (χ0v) is 13.2. The minimum absolute atomic E-state index is 0.741. The lowest BCUT2D eigenvalue weighted by Crippen LogP contribution is -2.10. The Morgan fingerprint density at radius 3 is 2.76 bits per heavy atom. The summed E-state index contributed by atoms with van der Waals surface area (Å²) in [6.07, 6.45) is 1.85. The summed E-state index contributed by atoms with van der Waals surface area (Å²) in [5.74, 6) is 0. The van der Waals surface area contributed by atoms with Crippen LogP contribution in [0.1, 0.15) is 11.1 Å². The zero-order valence-electron chi connectivity index (χ0n) is 11.7. The van der Waals surface area contributed by atoms with Crippen LogP contribution in [0.4, 0.5) is 0 Å². The van der Waals surface area contributed by atoms with Crippen molar-refractivity contribution < 1.29 is 0 Å². The molecule has 0 bridgehead atoms. The zero-order chi connectivity index (χ0) is 14.7. The smallest absolute Gasteiger partial charge is 0.0621 e. The SMILES string of the molecule is CN(Cc1cccc2ccsc12)/N=C\c1ccc(Cl)cc1. The van der Waals surface area contributed by atoms with Gasteiger partial charge in [0, 0.05) is 16.8 Å². The van der Waals surface area contributed by atoms with Crippen molar-refractivity contribution in [2.75, 3.05) is 7.05 Å². The quantitative estimate of drug-likeness (QED) is 0.487. The molecule has 0 saturated carbocycles. The van der Waals surface area contributed by atoms with Crippen LogP contribution in [0.5, 0.6) is 0 Å². The molecular weight excluding hydrogens is 300 g/mol. The van der Waals surface area contributed by atoms with Crippen LogP contribution in [0.2, 0.25) is 5.02 Å². The molecule has 106 valence electrons. The van der Waals surface area contributed by atoms with Crippen LogP contribution >= 0.6 is 22.9 Å². The van der Waals surface area contributed by atoms with Crippen molar-refractivity contribution in [1.29, 1.82) is 0 Å². The van der Waals surface area contributed by atoms with Gasteiger partial charge >= 0.3 is 0 Å². The van der Waals surface area contributed by atoms with Gasteiger partial charge in [-0.3, -0.25) is 5.01 Å². The minimum atomic E-state index is 0.741. The van der Waals surface area contributed by atoms with Gasteiger partial charge in [-0.15, -0.1) is 11.3 Å². The van der Waals surface area contributed by atoms with Crippen molar-refractivity contribution in [3.05, 3.63) is 70.1 Å². The average Bonchev–Trinajstić information content (AvgIpc) is 2.96. The van der Waals surface area contributed by atoms with Crippen LogP contribution in [0.15, 0.2) is 59.0 Å². The number of hydrogen-bond donors (Lipinski definition) is 0. The summed E-state index contributed by atoms with van der Waals surface area (Å²) in [6.45, 7) is 0.794. The van der Waals surface area contributed by atoms with Crippen LogP contribution in [0, 0.1) is 0 Å². The molecule has 0 fully saturated rings. The van der Waals surface area contributed by atoms with Gasteiger partial charge in [0.25, 0.3) is 0 Å². The maximum atomic E-state index is 5.87. The van der Waals surface area contributed by atoms with Crippen molar-refractivity contribution in [1.82, 2.24) is 5.01 Å². The standard InChI is InChI=1S/C17H15ClN2S/c1-20(19-11-13-5-7-16(18)8-6-13)12-15-4-2-3-14-9-10-21-17(14)15/h2-11H,12H2,1H3/b19-11-. The van der Waals surface area contributed by atoms with E-state index in [-0.39, 0.29) is 0 Å². The van der Waals surface area contributed by atoms with E-state index in [1.54, 1.807) is 11.3 Å². The fourth-order valence-electron chi connectivity index (χ4n) is 2.18. The topological polar surface area (TPSA) is 15.6 Å². The predicted molar refractivity (Wildman–Crippen MR) is 92.3 cm³/mol. The summed E-state index contributed by atoms with van der Waals surface area (Å²) >= 11 is 7.65. The van der Waals surface area contributed by atoms with E-state index in [1.807, 2.05) is 42.5 Å². The summed E-state index contributed by atoms with van der Waals surface area (Å²) in [5.41, 5.74) is 2.35. The van der Waals surface area contributed by atoms with Crippen LogP contribution in [0.25, 0.3) is 10.1 Å². The molecule has 3 aromatic rings. The number of nitrogens with zero attached hydrogens (tertiary/aromatic N) is 2. The Morgan fingerprint density at radius 1 is 1.14 bits per heavy atom. The van der Waals surface area contributed by atoms with E-state index < -0.39 is 0 Å². The maximum absolute atomic E-state index is 5.87. The van der Waals surface area contributed by atoms with Crippen molar-refractivity contribution in [3.8, 4) is 0 Å². The lowest BCUT2D eigenvalue weighted by Gasteiger charge is -2.13. The fraction of sp³-hybridized carbons (Fsp3) is 0.118. The highest BCUT2D eigenvalue weighted by molar-refractivity contribution is 7.17.